The van der Waals surface area contributed by atoms with Crippen molar-refractivity contribution in [2.75, 3.05) is 11.4 Å². The molecule has 1 aliphatic heterocycles. The van der Waals surface area contributed by atoms with E-state index in [1.807, 2.05) is 0 Å². The molecule has 3 nitrogen and oxygen atoms in total. The number of fused-ring (bicyclic) bond motifs is 1. The van der Waals surface area contributed by atoms with Crippen LogP contribution in [0, 0.1) is 11.6 Å². The molecular formula is C22H18F2N2OSe. The zero-order valence-electron chi connectivity index (χ0n) is 15.3. The van der Waals surface area contributed by atoms with Crippen molar-refractivity contribution in [1.29, 1.82) is 0 Å². The van der Waals surface area contributed by atoms with Gasteiger partial charge in [0.2, 0.25) is 0 Å². The van der Waals surface area contributed by atoms with E-state index in [-0.39, 0.29) is 32.5 Å². The van der Waals surface area contributed by atoms with Crippen molar-refractivity contribution in [2.45, 2.75) is 18.7 Å². The molecule has 142 valence electrons. The van der Waals surface area contributed by atoms with Gasteiger partial charge in [0.1, 0.15) is 0 Å². The Labute approximate surface area is 168 Å². The minimum absolute atomic E-state index is 0.187. The van der Waals surface area contributed by atoms with Gasteiger partial charge in [-0.15, -0.1) is 0 Å². The fourth-order valence-electron chi connectivity index (χ4n) is 3.39. The summed E-state index contributed by atoms with van der Waals surface area (Å²) in [7, 11) is 0. The molecule has 0 unspecified atom stereocenters. The van der Waals surface area contributed by atoms with Crippen molar-refractivity contribution in [3.63, 3.8) is 0 Å². The average Bonchev–Trinajstić information content (AvgIpc) is 2.73. The molecule has 0 fully saturated rings. The van der Waals surface area contributed by atoms with Crippen molar-refractivity contribution in [3.05, 3.63) is 77.4 Å². The number of hydrogen-bond donors (Lipinski definition) is 0. The van der Waals surface area contributed by atoms with Crippen LogP contribution < -0.4 is 9.36 Å². The quantitative estimate of drug-likeness (QED) is 0.574. The van der Waals surface area contributed by atoms with Crippen molar-refractivity contribution in [1.82, 2.24) is 4.98 Å². The van der Waals surface area contributed by atoms with Crippen LogP contribution in [0.15, 0.2) is 54.6 Å². The summed E-state index contributed by atoms with van der Waals surface area (Å²) in [6.45, 7) is 0.565. The summed E-state index contributed by atoms with van der Waals surface area (Å²) >= 11 is 0.203. The second-order valence-corrected chi connectivity index (χ2v) is 8.38. The van der Waals surface area contributed by atoms with E-state index in [0.29, 0.717) is 17.9 Å². The third-order valence-electron chi connectivity index (χ3n) is 4.80. The van der Waals surface area contributed by atoms with E-state index in [4.69, 9.17) is 4.98 Å². The molecule has 0 saturated heterocycles. The fraction of sp³-hybridized carbons (Fsp3) is 0.182. The van der Waals surface area contributed by atoms with E-state index >= 15 is 0 Å². The Morgan fingerprint density at radius 3 is 2.32 bits per heavy atom. The summed E-state index contributed by atoms with van der Waals surface area (Å²) in [4.78, 5) is 19.6. The second-order valence-electron chi connectivity index (χ2n) is 6.60. The second kappa shape index (κ2) is 7.82. The van der Waals surface area contributed by atoms with Crippen LogP contribution in [0.1, 0.15) is 22.3 Å². The molecule has 0 aliphatic carbocycles. The van der Waals surface area contributed by atoms with Gasteiger partial charge in [-0.25, -0.2) is 0 Å². The van der Waals surface area contributed by atoms with Crippen LogP contribution in [0.3, 0.4) is 0 Å². The Hall–Kier alpha value is -2.56. The molecule has 2 heterocycles. The first-order chi connectivity index (χ1) is 13.6. The van der Waals surface area contributed by atoms with Crippen LogP contribution in [0.4, 0.5) is 14.6 Å². The number of hydrogen-bond acceptors (Lipinski definition) is 2. The Morgan fingerprint density at radius 1 is 1.04 bits per heavy atom. The molecule has 3 aromatic rings. The number of amides is 1. The average molecular weight is 443 g/mol. The van der Waals surface area contributed by atoms with Gasteiger partial charge in [0.25, 0.3) is 0 Å². The van der Waals surface area contributed by atoms with Gasteiger partial charge in [0, 0.05) is 0 Å². The molecule has 4 rings (SSSR count). The summed E-state index contributed by atoms with van der Waals surface area (Å²) in [6, 6.07) is 14.0. The predicted molar refractivity (Wildman–Crippen MR) is 107 cm³/mol. The number of carbonyl (C=O) groups excluding carboxylic acids is 1. The van der Waals surface area contributed by atoms with Gasteiger partial charge in [0.15, 0.2) is 0 Å². The number of carbonyl (C=O) groups is 1. The predicted octanol–water partition coefficient (Wildman–Crippen LogP) is 4.00. The number of pyridine rings is 1. The molecule has 1 aromatic heterocycles. The van der Waals surface area contributed by atoms with Gasteiger partial charge in [-0.2, -0.15) is 0 Å². The van der Waals surface area contributed by atoms with Crippen LogP contribution in [-0.2, 0) is 6.42 Å². The molecule has 6 heteroatoms. The van der Waals surface area contributed by atoms with Gasteiger partial charge in [-0.3, -0.25) is 0 Å². The number of nitrogens with zero attached hydrogens (tertiary/aromatic N) is 2. The van der Waals surface area contributed by atoms with Gasteiger partial charge in [0.05, 0.1) is 0 Å². The molecule has 0 radical (unpaired) electrons. The Morgan fingerprint density at radius 2 is 1.68 bits per heavy atom. The first-order valence-corrected chi connectivity index (χ1v) is 11.5. The third kappa shape index (κ3) is 3.58. The van der Waals surface area contributed by atoms with Crippen molar-refractivity contribution >= 4 is 31.1 Å². The van der Waals surface area contributed by atoms with Crippen LogP contribution in [0.25, 0.3) is 11.3 Å². The number of halogens is 2. The van der Waals surface area contributed by atoms with Gasteiger partial charge in [-0.05, 0) is 0 Å². The molecule has 28 heavy (non-hydrogen) atoms. The molecule has 0 bridgehead atoms. The van der Waals surface area contributed by atoms with Crippen LogP contribution in [0.5, 0.6) is 0 Å². The SMILES string of the molecule is C[Se]c1cc2c(nc1-c1ccc(F)cc1)N(C(=O)c1ccc(F)cc1)CCC2. The Balaban J connectivity index is 1.79. The fourth-order valence-corrected chi connectivity index (χ4v) is 4.69. The molecule has 1 aliphatic rings. The summed E-state index contributed by atoms with van der Waals surface area (Å²) in [5, 5.41) is 0. The molecular weight excluding hydrogens is 425 g/mol. The first-order valence-electron chi connectivity index (χ1n) is 8.98. The number of rotatable bonds is 3. The molecule has 0 N–H and O–H groups in total. The molecule has 1 amide bonds. The van der Waals surface area contributed by atoms with E-state index in [0.717, 1.165) is 34.1 Å². The minimum atomic E-state index is -0.373. The summed E-state index contributed by atoms with van der Waals surface area (Å²) < 4.78 is 27.7. The number of benzene rings is 2. The monoisotopic (exact) mass is 444 g/mol. The Bertz CT molecular complexity index is 1020. The topological polar surface area (TPSA) is 33.2 Å². The summed E-state index contributed by atoms with van der Waals surface area (Å²) in [6.07, 6.45) is 1.72. The maximum absolute atomic E-state index is 13.3. The van der Waals surface area contributed by atoms with E-state index in [1.54, 1.807) is 17.0 Å². The van der Waals surface area contributed by atoms with E-state index in [1.165, 1.54) is 36.4 Å². The first kappa shape index (κ1) is 18.8. The third-order valence-corrected chi connectivity index (χ3v) is 6.38. The van der Waals surface area contributed by atoms with E-state index < -0.39 is 0 Å². The van der Waals surface area contributed by atoms with Crippen LogP contribution in [-0.4, -0.2) is 32.4 Å². The maximum atomic E-state index is 13.3. The molecule has 0 saturated carbocycles. The molecule has 0 atom stereocenters. The van der Waals surface area contributed by atoms with Crippen molar-refractivity contribution in [2.24, 2.45) is 0 Å². The summed E-state index contributed by atoms with van der Waals surface area (Å²) in [5.41, 5.74) is 3.11. The van der Waals surface area contributed by atoms with E-state index in [2.05, 4.69) is 11.9 Å². The molecule has 0 spiro atoms. The van der Waals surface area contributed by atoms with Crippen LogP contribution >= 0.6 is 0 Å². The normalized spacial score (nSPS) is 13.3. The number of anilines is 1. The van der Waals surface area contributed by atoms with Gasteiger partial charge in [-0.1, -0.05) is 0 Å². The number of aromatic nitrogens is 1. The van der Waals surface area contributed by atoms with Gasteiger partial charge >= 0.3 is 168 Å². The van der Waals surface area contributed by atoms with Crippen LogP contribution in [0.2, 0.25) is 5.82 Å². The zero-order valence-corrected chi connectivity index (χ0v) is 17.0. The zero-order chi connectivity index (χ0) is 19.7. The van der Waals surface area contributed by atoms with Gasteiger partial charge < -0.3 is 0 Å². The van der Waals surface area contributed by atoms with E-state index in [9.17, 15) is 13.6 Å². The number of aryl methyl sites for hydroxylation is 1. The Kier molecular flexibility index (Phi) is 5.25. The summed E-state index contributed by atoms with van der Waals surface area (Å²) in [5.74, 6) is 1.91. The van der Waals surface area contributed by atoms with Crippen molar-refractivity contribution in [3.8, 4) is 11.3 Å². The molecule has 2 aromatic carbocycles. The van der Waals surface area contributed by atoms with Crippen molar-refractivity contribution < 1.29 is 13.6 Å². The standard InChI is InChI=1S/C22H18F2N2OSe/c1-28-19-13-16-3-2-12-26(22(27)15-6-10-18(24)11-7-15)21(16)25-20(19)14-4-8-17(23)9-5-14/h4-11,13H,2-3,12H2,1H3.